The maximum absolute atomic E-state index is 12.5. The number of hydrogen-bond acceptors (Lipinski definition) is 23. The van der Waals surface area contributed by atoms with Gasteiger partial charge in [0.25, 0.3) is 0 Å². The minimum absolute atomic E-state index is 0.0192. The van der Waals surface area contributed by atoms with Crippen molar-refractivity contribution in [1.29, 1.82) is 0 Å². The van der Waals surface area contributed by atoms with Crippen molar-refractivity contribution in [1.82, 2.24) is 78.3 Å². The van der Waals surface area contributed by atoms with Crippen molar-refractivity contribution in [3.8, 4) is 78.3 Å². The average Bonchev–Trinajstić information content (AvgIpc) is 1.66. The monoisotopic (exact) mass is 1950 g/mol. The largest absolute Gasteiger partial charge is 0.481 e. The molecule has 2 aromatic carbocycles. The molecule has 0 amide bonds. The lowest BCUT2D eigenvalue weighted by molar-refractivity contribution is -0.143. The van der Waals surface area contributed by atoms with Crippen molar-refractivity contribution >= 4 is 168 Å². The Morgan fingerprint density at radius 2 is 0.685 bits per heavy atom. The lowest BCUT2D eigenvalue weighted by Crippen LogP contribution is -2.23. The zero-order valence-electron chi connectivity index (χ0n) is 68.3. The number of nitrogens with zero attached hydrogens (tertiary/aromatic N) is 16. The second-order valence-corrected chi connectivity index (χ2v) is 36.7. The molecule has 0 saturated heterocycles. The third kappa shape index (κ3) is 17.9. The van der Waals surface area contributed by atoms with E-state index in [-0.39, 0.29) is 58.9 Å². The Bertz CT molecular complexity index is 6630. The van der Waals surface area contributed by atoms with Crippen molar-refractivity contribution in [3.05, 3.63) is 221 Å². The number of anilines is 4. The number of carbonyl (C=O) groups excluding carboxylic acids is 1. The van der Waals surface area contributed by atoms with Gasteiger partial charge in [-0.2, -0.15) is 61.1 Å². The first kappa shape index (κ1) is 86.8. The van der Waals surface area contributed by atoms with Crippen LogP contribution in [0.15, 0.2) is 188 Å². The van der Waals surface area contributed by atoms with Crippen LogP contribution >= 0.6 is 82.1 Å². The highest BCUT2D eigenvalue weighted by molar-refractivity contribution is 9.11. The SMILES string of the molecule is CC(=O)c1c(C2CCC(C(=O)O)CC2)nc2c(-c3cnc4ccccc4c3)cnn2c1N.Nc1c(Br)c(C2CCC(C(=O)O)CC2)nc2c(-c3ccc(-c4ccc(Cl)cc4)nc3)cnn12.Nc1c(Br)c(C2CCC(C(=O)O)CC2)nc2c(-c3ccc(-c4ccsc4)nc3)cnn12.Nc1c(Br)c(C2CCC(C(=O)O)CC2)nc2c(-c3ccc(-c4ccsc4)nc3)cnn12. The lowest BCUT2D eigenvalue weighted by Gasteiger charge is -2.27. The van der Waals surface area contributed by atoms with Gasteiger partial charge in [-0.3, -0.25) is 43.9 Å². The van der Waals surface area contributed by atoms with Crippen molar-refractivity contribution in [2.24, 2.45) is 23.7 Å². The van der Waals surface area contributed by atoms with Crippen LogP contribution in [0.2, 0.25) is 5.02 Å². The fraction of sp³-hybridized carbons (Fsp3) is 0.272. The highest BCUT2D eigenvalue weighted by Gasteiger charge is 2.36. The van der Waals surface area contributed by atoms with Crippen LogP contribution in [0.25, 0.3) is 112 Å². The smallest absolute Gasteiger partial charge is 0.306 e. The molecule has 35 heteroatoms. The Morgan fingerprint density at radius 1 is 0.370 bits per heavy atom. The summed E-state index contributed by atoms with van der Waals surface area (Å²) in [4.78, 5) is 95.9. The van der Waals surface area contributed by atoms with E-state index in [0.717, 1.165) is 158 Å². The fourth-order valence-electron chi connectivity index (χ4n) is 17.6. The Labute approximate surface area is 764 Å². The molecule has 29 nitrogen and oxygen atoms in total. The lowest BCUT2D eigenvalue weighted by atomic mass is 9.79. The molecule has 4 fully saturated rings. The van der Waals surface area contributed by atoms with Crippen LogP contribution in [0.3, 0.4) is 0 Å². The van der Waals surface area contributed by atoms with Crippen molar-refractivity contribution in [2.75, 3.05) is 22.9 Å². The van der Waals surface area contributed by atoms with Gasteiger partial charge >= 0.3 is 23.9 Å². The summed E-state index contributed by atoms with van der Waals surface area (Å²) < 4.78 is 8.60. The quantitative estimate of drug-likeness (QED) is 0.0416. The van der Waals surface area contributed by atoms with Crippen LogP contribution in [0.4, 0.5) is 23.3 Å². The van der Waals surface area contributed by atoms with Gasteiger partial charge in [0.2, 0.25) is 0 Å². The van der Waals surface area contributed by atoms with E-state index in [1.165, 1.54) is 11.4 Å². The van der Waals surface area contributed by atoms with E-state index < -0.39 is 23.9 Å². The highest BCUT2D eigenvalue weighted by Crippen LogP contribution is 2.47. The van der Waals surface area contributed by atoms with Crippen LogP contribution in [0.1, 0.15) is 166 Å². The van der Waals surface area contributed by atoms with E-state index in [0.29, 0.717) is 121 Å². The van der Waals surface area contributed by atoms with Crippen LogP contribution < -0.4 is 22.9 Å². The van der Waals surface area contributed by atoms with Crippen molar-refractivity contribution in [3.63, 3.8) is 0 Å². The minimum Gasteiger partial charge on any atom is -0.481 e. The van der Waals surface area contributed by atoms with Crippen LogP contribution in [-0.2, 0) is 19.2 Å². The number of halogens is 4. The van der Waals surface area contributed by atoms with Gasteiger partial charge in [0, 0.05) is 131 Å². The first-order valence-electron chi connectivity index (χ1n) is 41.5. The average molecular weight is 1950 g/mol. The summed E-state index contributed by atoms with van der Waals surface area (Å²) >= 11 is 20.1. The normalized spacial score (nSPS) is 18.8. The number of carboxylic acids is 4. The predicted molar refractivity (Wildman–Crippen MR) is 500 cm³/mol. The number of rotatable bonds is 16. The highest BCUT2D eigenvalue weighted by atomic mass is 79.9. The van der Waals surface area contributed by atoms with Gasteiger partial charge in [0.05, 0.1) is 113 Å². The zero-order chi connectivity index (χ0) is 88.6. The van der Waals surface area contributed by atoms with Gasteiger partial charge in [-0.1, -0.05) is 60.1 Å². The molecule has 0 aliphatic heterocycles. The molecule has 4 aliphatic rings. The second-order valence-electron chi connectivity index (χ2n) is 32.4. The summed E-state index contributed by atoms with van der Waals surface area (Å²) in [6.07, 6.45) is 25.2. The van der Waals surface area contributed by atoms with E-state index in [9.17, 15) is 44.4 Å². The molecule has 16 aromatic rings. The summed E-state index contributed by atoms with van der Waals surface area (Å²) in [6.45, 7) is 1.48. The van der Waals surface area contributed by atoms with E-state index in [1.54, 1.807) is 73.4 Å². The third-order valence-corrected chi connectivity index (χ3v) is 28.8. The van der Waals surface area contributed by atoms with Gasteiger partial charge in [-0.25, -0.2) is 19.9 Å². The number of aromatic nitrogens is 16. The molecule has 0 bridgehead atoms. The first-order valence-corrected chi connectivity index (χ1v) is 46.2. The maximum Gasteiger partial charge on any atom is 0.306 e. The molecule has 20 rings (SSSR count). The Morgan fingerprint density at radius 3 is 1.02 bits per heavy atom. The van der Waals surface area contributed by atoms with E-state index >= 15 is 0 Å². The standard InChI is InChI=1S/C24H21BrClN5O2.C24H23N5O3.2C22H20BrN5O2S/c25-20-21(14-1-3-15(4-2-14)24(32)33)30-23-18(12-29-31(23)22(20)27)16-7-10-19(28-11-16)13-5-8-17(26)9-6-13;1-13(30)20-21(14-6-8-15(9-7-14)24(31)32)28-23-18(12-27-29(23)22(20)25)17-10-16-4-2-3-5-19(16)26-11-17;2*23-18-19(12-1-3-13(4-2-12)22(29)30)27-21-16(10-26-28(21)20(18)24)14-5-6-17(25-9-14)15-7-8-31-11-15/h5-12,14-15H,1-4,27H2,(H,32,33);2-5,10-12,14-15H,6-9,25H2,1H3,(H,31,32);2*5-13H,1-4,24H2,(H,29,30). The number of pyridine rings is 4. The third-order valence-electron chi connectivity index (χ3n) is 24.8. The van der Waals surface area contributed by atoms with Crippen LogP contribution in [0.5, 0.6) is 0 Å². The molecule has 127 heavy (non-hydrogen) atoms. The van der Waals surface area contributed by atoms with E-state index in [2.05, 4.69) is 98.9 Å². The molecule has 12 N–H and O–H groups in total. The van der Waals surface area contributed by atoms with Crippen LogP contribution in [0, 0.1) is 23.7 Å². The fourth-order valence-corrected chi connectivity index (χ4v) is 20.8. The van der Waals surface area contributed by atoms with E-state index in [4.69, 9.17) is 54.5 Å². The van der Waals surface area contributed by atoms with Gasteiger partial charge in [-0.05, 0) is 223 Å². The Kier molecular flexibility index (Phi) is 25.5. The number of Topliss-reactive ketones (excluding diaryl/α,β-unsaturated/α-hetero) is 1. The Hall–Kier alpha value is -12.3. The molecule has 0 atom stereocenters. The van der Waals surface area contributed by atoms with E-state index in [1.807, 2.05) is 126 Å². The van der Waals surface area contributed by atoms with Gasteiger partial charge in [0.1, 0.15) is 23.3 Å². The molecule has 646 valence electrons. The molecule has 14 aromatic heterocycles. The maximum atomic E-state index is 12.5. The molecule has 4 aliphatic carbocycles. The molecule has 14 heterocycles. The number of carbonyl (C=O) groups is 5. The first-order chi connectivity index (χ1) is 61.4. The number of fused-ring (bicyclic) bond motifs is 5. The summed E-state index contributed by atoms with van der Waals surface area (Å²) in [5.41, 5.74) is 45.5. The molecular weight excluding hydrogens is 1870 g/mol. The zero-order valence-corrected chi connectivity index (χ0v) is 75.4. The van der Waals surface area contributed by atoms with Gasteiger partial charge in [-0.15, -0.1) is 0 Å². The van der Waals surface area contributed by atoms with Gasteiger partial charge in [0.15, 0.2) is 28.4 Å². The van der Waals surface area contributed by atoms with Crippen molar-refractivity contribution < 1.29 is 44.4 Å². The molecule has 4 saturated carbocycles. The molecule has 0 radical (unpaired) electrons. The number of para-hydroxylation sites is 1. The van der Waals surface area contributed by atoms with Gasteiger partial charge < -0.3 is 43.4 Å². The number of hydrogen-bond donors (Lipinski definition) is 8. The number of carboxylic acid groups (broad SMARTS) is 4. The topological polar surface area (TPSA) is 443 Å². The number of nitrogen functional groups attached to an aromatic ring is 4. The molecule has 0 unspecified atom stereocenters. The summed E-state index contributed by atoms with van der Waals surface area (Å²) in [5.74, 6) is -2.05. The summed E-state index contributed by atoms with van der Waals surface area (Å²) in [6, 6.07) is 33.5. The molecular formula is C92H84Br3ClN20O9S2. The number of benzene rings is 2. The predicted octanol–water partition coefficient (Wildman–Crippen LogP) is 20.3. The van der Waals surface area contributed by atoms with Crippen molar-refractivity contribution in [2.45, 2.75) is 133 Å². The number of nitrogens with two attached hydrogens (primary N) is 4. The van der Waals surface area contributed by atoms with Crippen LogP contribution in [-0.4, -0.2) is 128 Å². The number of thiophene rings is 2. The summed E-state index contributed by atoms with van der Waals surface area (Å²) in [7, 11) is 0. The Balaban J connectivity index is 0.000000119. The summed E-state index contributed by atoms with van der Waals surface area (Å²) in [5, 5.41) is 64.9. The number of aliphatic carboxylic acids is 4. The number of ketones is 1. The molecule has 0 spiro atoms. The minimum atomic E-state index is -0.764. The second kappa shape index (κ2) is 37.3.